The smallest absolute Gasteiger partial charge is 0.149 e. The standard InChI is InChI=1S/C11H20N4/c1-4-5-8(2)10-13-14-11-9(3)12-6-7-15(10)11/h8-9,12H,4-7H2,1-3H3. The van der Waals surface area contributed by atoms with Crippen LogP contribution in [0.15, 0.2) is 0 Å². The zero-order chi connectivity index (χ0) is 10.8. The largest absolute Gasteiger partial charge is 0.312 e. The van der Waals surface area contributed by atoms with Crippen molar-refractivity contribution in [1.82, 2.24) is 20.1 Å². The van der Waals surface area contributed by atoms with Gasteiger partial charge in [0.25, 0.3) is 0 Å². The molecular weight excluding hydrogens is 188 g/mol. The summed E-state index contributed by atoms with van der Waals surface area (Å²) in [7, 11) is 0. The topological polar surface area (TPSA) is 42.7 Å². The zero-order valence-corrected chi connectivity index (χ0v) is 9.82. The molecule has 2 heterocycles. The van der Waals surface area contributed by atoms with Gasteiger partial charge in [-0.2, -0.15) is 0 Å². The maximum Gasteiger partial charge on any atom is 0.149 e. The van der Waals surface area contributed by atoms with Crippen LogP contribution in [0.1, 0.15) is 57.2 Å². The molecule has 0 saturated heterocycles. The molecule has 2 rings (SSSR count). The molecule has 0 aliphatic carbocycles. The molecular formula is C11H20N4. The molecule has 0 spiro atoms. The van der Waals surface area contributed by atoms with Crippen molar-refractivity contribution in [1.29, 1.82) is 0 Å². The summed E-state index contributed by atoms with van der Waals surface area (Å²) >= 11 is 0. The number of aromatic nitrogens is 3. The Hall–Kier alpha value is -0.900. The Labute approximate surface area is 91.1 Å². The first-order valence-electron chi connectivity index (χ1n) is 5.90. The third kappa shape index (κ3) is 1.91. The van der Waals surface area contributed by atoms with Crippen LogP contribution in [-0.2, 0) is 6.54 Å². The monoisotopic (exact) mass is 208 g/mol. The van der Waals surface area contributed by atoms with Crippen LogP contribution < -0.4 is 5.32 Å². The molecule has 0 fully saturated rings. The Morgan fingerprint density at radius 3 is 3.07 bits per heavy atom. The maximum atomic E-state index is 4.34. The van der Waals surface area contributed by atoms with E-state index in [-0.39, 0.29) is 0 Å². The zero-order valence-electron chi connectivity index (χ0n) is 9.82. The lowest BCUT2D eigenvalue weighted by Crippen LogP contribution is -2.32. The fourth-order valence-corrected chi connectivity index (χ4v) is 2.29. The SMILES string of the molecule is CCCC(C)c1nnc2n1CCNC2C. The fourth-order valence-electron chi connectivity index (χ4n) is 2.29. The van der Waals surface area contributed by atoms with Crippen molar-refractivity contribution in [2.45, 2.75) is 52.1 Å². The van der Waals surface area contributed by atoms with Gasteiger partial charge in [-0.05, 0) is 13.3 Å². The predicted octanol–water partition coefficient (Wildman–Crippen LogP) is 1.85. The van der Waals surface area contributed by atoms with Crippen molar-refractivity contribution in [3.8, 4) is 0 Å². The van der Waals surface area contributed by atoms with Crippen LogP contribution in [0.25, 0.3) is 0 Å². The summed E-state index contributed by atoms with van der Waals surface area (Å²) in [5.74, 6) is 2.79. The highest BCUT2D eigenvalue weighted by Crippen LogP contribution is 2.23. The molecule has 15 heavy (non-hydrogen) atoms. The minimum absolute atomic E-state index is 0.342. The number of hydrogen-bond donors (Lipinski definition) is 1. The van der Waals surface area contributed by atoms with Gasteiger partial charge >= 0.3 is 0 Å². The highest BCUT2D eigenvalue weighted by atomic mass is 15.3. The minimum atomic E-state index is 0.342. The van der Waals surface area contributed by atoms with E-state index in [0.29, 0.717) is 12.0 Å². The van der Waals surface area contributed by atoms with Gasteiger partial charge in [0.1, 0.15) is 11.6 Å². The van der Waals surface area contributed by atoms with Gasteiger partial charge in [-0.25, -0.2) is 0 Å². The van der Waals surface area contributed by atoms with E-state index in [1.54, 1.807) is 0 Å². The van der Waals surface area contributed by atoms with Crippen molar-refractivity contribution in [2.75, 3.05) is 6.54 Å². The Kier molecular flexibility index (Phi) is 3.05. The minimum Gasteiger partial charge on any atom is -0.312 e. The molecule has 0 radical (unpaired) electrons. The average Bonchev–Trinajstić information content (AvgIpc) is 2.63. The van der Waals surface area contributed by atoms with Crippen molar-refractivity contribution in [3.63, 3.8) is 0 Å². The molecule has 2 unspecified atom stereocenters. The lowest BCUT2D eigenvalue weighted by Gasteiger charge is -2.23. The number of nitrogens with zero attached hydrogens (tertiary/aromatic N) is 3. The first-order valence-corrected chi connectivity index (χ1v) is 5.90. The molecule has 0 bridgehead atoms. The van der Waals surface area contributed by atoms with Crippen LogP contribution in [0.5, 0.6) is 0 Å². The van der Waals surface area contributed by atoms with Crippen molar-refractivity contribution < 1.29 is 0 Å². The maximum absolute atomic E-state index is 4.34. The van der Waals surface area contributed by atoms with Gasteiger partial charge in [-0.15, -0.1) is 10.2 Å². The van der Waals surface area contributed by atoms with Gasteiger partial charge in [0.2, 0.25) is 0 Å². The van der Waals surface area contributed by atoms with Crippen molar-refractivity contribution in [3.05, 3.63) is 11.6 Å². The Balaban J connectivity index is 2.26. The lowest BCUT2D eigenvalue weighted by molar-refractivity contribution is 0.421. The van der Waals surface area contributed by atoms with Gasteiger partial charge in [-0.1, -0.05) is 20.3 Å². The van der Waals surface area contributed by atoms with E-state index < -0.39 is 0 Å². The third-order valence-electron chi connectivity index (χ3n) is 3.14. The molecule has 1 aromatic heterocycles. The van der Waals surface area contributed by atoms with Crippen LogP contribution in [0, 0.1) is 0 Å². The first kappa shape index (κ1) is 10.6. The van der Waals surface area contributed by atoms with Crippen LogP contribution in [0.2, 0.25) is 0 Å². The molecule has 1 aromatic rings. The molecule has 1 N–H and O–H groups in total. The summed E-state index contributed by atoms with van der Waals surface area (Å²) in [6.45, 7) is 8.64. The summed E-state index contributed by atoms with van der Waals surface area (Å²) in [6, 6.07) is 0.342. The highest BCUT2D eigenvalue weighted by molar-refractivity contribution is 5.06. The molecule has 0 aromatic carbocycles. The van der Waals surface area contributed by atoms with E-state index in [2.05, 4.69) is 40.9 Å². The summed E-state index contributed by atoms with van der Waals surface area (Å²) < 4.78 is 2.29. The number of rotatable bonds is 3. The molecule has 4 heteroatoms. The summed E-state index contributed by atoms with van der Waals surface area (Å²) in [5, 5.41) is 12.0. The summed E-state index contributed by atoms with van der Waals surface area (Å²) in [4.78, 5) is 0. The quantitative estimate of drug-likeness (QED) is 0.824. The second-order valence-corrected chi connectivity index (χ2v) is 4.43. The van der Waals surface area contributed by atoms with E-state index in [1.165, 1.54) is 18.7 Å². The van der Waals surface area contributed by atoms with Crippen LogP contribution in [0.4, 0.5) is 0 Å². The predicted molar refractivity (Wildman–Crippen MR) is 59.8 cm³/mol. The first-order chi connectivity index (χ1) is 7.24. The van der Waals surface area contributed by atoms with E-state index in [1.807, 2.05) is 0 Å². The number of hydrogen-bond acceptors (Lipinski definition) is 3. The van der Waals surface area contributed by atoms with Gasteiger partial charge in [0.15, 0.2) is 0 Å². The van der Waals surface area contributed by atoms with Gasteiger partial charge in [0, 0.05) is 19.0 Å². The Morgan fingerprint density at radius 1 is 1.53 bits per heavy atom. The van der Waals surface area contributed by atoms with Crippen LogP contribution in [0.3, 0.4) is 0 Å². The van der Waals surface area contributed by atoms with Gasteiger partial charge in [0.05, 0.1) is 6.04 Å². The average molecular weight is 208 g/mol. The lowest BCUT2D eigenvalue weighted by atomic mass is 10.1. The van der Waals surface area contributed by atoms with E-state index in [0.717, 1.165) is 18.9 Å². The molecule has 1 aliphatic rings. The molecule has 84 valence electrons. The van der Waals surface area contributed by atoms with Crippen molar-refractivity contribution in [2.24, 2.45) is 0 Å². The third-order valence-corrected chi connectivity index (χ3v) is 3.14. The highest BCUT2D eigenvalue weighted by Gasteiger charge is 2.23. The second-order valence-electron chi connectivity index (χ2n) is 4.43. The molecule has 1 aliphatic heterocycles. The number of nitrogens with one attached hydrogen (secondary N) is 1. The van der Waals surface area contributed by atoms with Gasteiger partial charge < -0.3 is 9.88 Å². The molecule has 0 saturated carbocycles. The summed E-state index contributed by atoms with van der Waals surface area (Å²) in [6.07, 6.45) is 2.40. The van der Waals surface area contributed by atoms with Gasteiger partial charge in [-0.3, -0.25) is 0 Å². The van der Waals surface area contributed by atoms with Crippen molar-refractivity contribution >= 4 is 0 Å². The van der Waals surface area contributed by atoms with E-state index in [9.17, 15) is 0 Å². The molecule has 0 amide bonds. The number of fused-ring (bicyclic) bond motifs is 1. The Bertz CT molecular complexity index is 331. The second kappa shape index (κ2) is 4.31. The normalized spacial score (nSPS) is 22.5. The molecule has 4 nitrogen and oxygen atoms in total. The Morgan fingerprint density at radius 2 is 2.33 bits per heavy atom. The fraction of sp³-hybridized carbons (Fsp3) is 0.818. The summed E-state index contributed by atoms with van der Waals surface area (Å²) in [5.41, 5.74) is 0. The van der Waals surface area contributed by atoms with Crippen LogP contribution in [-0.4, -0.2) is 21.3 Å². The molecule has 2 atom stereocenters. The van der Waals surface area contributed by atoms with E-state index in [4.69, 9.17) is 0 Å². The van der Waals surface area contributed by atoms with E-state index >= 15 is 0 Å². The van der Waals surface area contributed by atoms with Crippen LogP contribution >= 0.6 is 0 Å².